The smallest absolute Gasteiger partial charge is 0.234 e. The fourth-order valence-electron chi connectivity index (χ4n) is 3.23. The molecule has 0 saturated carbocycles. The zero-order valence-electron chi connectivity index (χ0n) is 12.2. The van der Waals surface area contributed by atoms with E-state index in [0.717, 1.165) is 43.7 Å². The number of aliphatic hydroxyl groups is 1. The third-order valence-corrected chi connectivity index (χ3v) is 4.32. The molecule has 1 aromatic carbocycles. The van der Waals surface area contributed by atoms with Crippen LogP contribution in [-0.4, -0.2) is 54.7 Å². The van der Waals surface area contributed by atoms with Crippen molar-refractivity contribution in [1.29, 1.82) is 0 Å². The van der Waals surface area contributed by atoms with Crippen molar-refractivity contribution in [1.82, 2.24) is 15.5 Å². The van der Waals surface area contributed by atoms with E-state index in [4.69, 9.17) is 0 Å². The molecular formula is C16H23N3O2. The number of rotatable bonds is 3. The number of hydrogen-bond acceptors (Lipinski definition) is 4. The van der Waals surface area contributed by atoms with Gasteiger partial charge in [-0.2, -0.15) is 0 Å². The Morgan fingerprint density at radius 2 is 2.19 bits per heavy atom. The van der Waals surface area contributed by atoms with Crippen molar-refractivity contribution in [2.75, 3.05) is 32.7 Å². The number of amides is 1. The molecule has 0 bridgehead atoms. The van der Waals surface area contributed by atoms with Crippen molar-refractivity contribution in [3.8, 4) is 0 Å². The number of carbonyl (C=O) groups is 1. The predicted molar refractivity (Wildman–Crippen MR) is 81.0 cm³/mol. The summed E-state index contributed by atoms with van der Waals surface area (Å²) in [7, 11) is 0. The molecule has 1 aromatic rings. The molecule has 0 radical (unpaired) electrons. The number of fused-ring (bicyclic) bond motifs is 1. The standard InChI is InChI=1S/C16H23N3O2/c20-14-10-12-4-1-2-5-13(12)16(14)18-15(21)11-19-8-3-6-17-7-9-19/h1-2,4-5,14,16-17,20H,3,6-11H2,(H,18,21)/t14-,16+/m0/s1. The largest absolute Gasteiger partial charge is 0.390 e. The Kier molecular flexibility index (Phi) is 4.53. The van der Waals surface area contributed by atoms with Crippen LogP contribution in [0.1, 0.15) is 23.6 Å². The fourth-order valence-corrected chi connectivity index (χ4v) is 3.23. The van der Waals surface area contributed by atoms with Gasteiger partial charge in [0.1, 0.15) is 0 Å². The van der Waals surface area contributed by atoms with Crippen LogP contribution in [0.15, 0.2) is 24.3 Å². The SMILES string of the molecule is O=C(CN1CCCNCC1)N[C@@H]1c2ccccc2C[C@@H]1O. The lowest BCUT2D eigenvalue weighted by Crippen LogP contribution is -2.42. The zero-order valence-corrected chi connectivity index (χ0v) is 12.2. The summed E-state index contributed by atoms with van der Waals surface area (Å²) in [4.78, 5) is 14.4. The summed E-state index contributed by atoms with van der Waals surface area (Å²) in [5.74, 6) is -0.00217. The Bertz CT molecular complexity index is 498. The van der Waals surface area contributed by atoms with E-state index in [1.54, 1.807) is 0 Å². The van der Waals surface area contributed by atoms with Crippen LogP contribution in [0.2, 0.25) is 0 Å². The summed E-state index contributed by atoms with van der Waals surface area (Å²) in [5.41, 5.74) is 2.19. The second-order valence-corrected chi connectivity index (χ2v) is 5.90. The maximum atomic E-state index is 12.3. The maximum Gasteiger partial charge on any atom is 0.234 e. The second kappa shape index (κ2) is 6.56. The van der Waals surface area contributed by atoms with Gasteiger partial charge in [-0.3, -0.25) is 9.69 Å². The highest BCUT2D eigenvalue weighted by Crippen LogP contribution is 2.31. The van der Waals surface area contributed by atoms with Gasteiger partial charge in [0.15, 0.2) is 0 Å². The minimum Gasteiger partial charge on any atom is -0.390 e. The van der Waals surface area contributed by atoms with Crippen molar-refractivity contribution in [3.05, 3.63) is 35.4 Å². The van der Waals surface area contributed by atoms with Crippen molar-refractivity contribution in [2.45, 2.75) is 25.0 Å². The Morgan fingerprint density at radius 1 is 1.33 bits per heavy atom. The monoisotopic (exact) mass is 289 g/mol. The molecule has 1 aliphatic heterocycles. The first-order valence-electron chi connectivity index (χ1n) is 7.72. The number of nitrogens with one attached hydrogen (secondary N) is 2. The van der Waals surface area contributed by atoms with E-state index < -0.39 is 6.10 Å². The molecule has 3 N–H and O–H groups in total. The fraction of sp³-hybridized carbons (Fsp3) is 0.562. The molecule has 2 atom stereocenters. The average Bonchev–Trinajstić information content (AvgIpc) is 2.66. The summed E-state index contributed by atoms with van der Waals surface area (Å²) < 4.78 is 0. The van der Waals surface area contributed by atoms with Gasteiger partial charge in [0, 0.05) is 19.5 Å². The van der Waals surface area contributed by atoms with E-state index in [9.17, 15) is 9.90 Å². The number of nitrogens with zero attached hydrogens (tertiary/aromatic N) is 1. The van der Waals surface area contributed by atoms with Crippen molar-refractivity contribution in [3.63, 3.8) is 0 Å². The van der Waals surface area contributed by atoms with Gasteiger partial charge in [-0.15, -0.1) is 0 Å². The Morgan fingerprint density at radius 3 is 3.10 bits per heavy atom. The first-order valence-corrected chi connectivity index (χ1v) is 7.72. The van der Waals surface area contributed by atoms with E-state index in [1.807, 2.05) is 24.3 Å². The minimum atomic E-state index is -0.517. The van der Waals surface area contributed by atoms with Gasteiger partial charge < -0.3 is 15.7 Å². The summed E-state index contributed by atoms with van der Waals surface area (Å²) in [6.07, 6.45) is 1.17. The van der Waals surface area contributed by atoms with Crippen molar-refractivity contribution in [2.24, 2.45) is 0 Å². The molecule has 0 aromatic heterocycles. The quantitative estimate of drug-likeness (QED) is 0.736. The first-order chi connectivity index (χ1) is 10.2. The molecule has 2 aliphatic rings. The molecule has 1 saturated heterocycles. The molecule has 1 heterocycles. The molecular weight excluding hydrogens is 266 g/mol. The van der Waals surface area contributed by atoms with Gasteiger partial charge in [-0.05, 0) is 30.6 Å². The highest BCUT2D eigenvalue weighted by molar-refractivity contribution is 5.78. The van der Waals surface area contributed by atoms with Gasteiger partial charge >= 0.3 is 0 Å². The van der Waals surface area contributed by atoms with Crippen LogP contribution in [0.25, 0.3) is 0 Å². The maximum absolute atomic E-state index is 12.3. The van der Waals surface area contributed by atoms with Crippen molar-refractivity contribution < 1.29 is 9.90 Å². The van der Waals surface area contributed by atoms with E-state index in [0.29, 0.717) is 13.0 Å². The Hall–Kier alpha value is -1.43. The van der Waals surface area contributed by atoms with Crippen LogP contribution in [-0.2, 0) is 11.2 Å². The summed E-state index contributed by atoms with van der Waals surface area (Å²) in [6.45, 7) is 4.21. The number of hydrogen-bond donors (Lipinski definition) is 3. The zero-order chi connectivity index (χ0) is 14.7. The van der Waals surface area contributed by atoms with Gasteiger partial charge in [-0.1, -0.05) is 24.3 Å². The Balaban J connectivity index is 1.59. The molecule has 1 amide bonds. The van der Waals surface area contributed by atoms with Crippen LogP contribution in [0.4, 0.5) is 0 Å². The van der Waals surface area contributed by atoms with Crippen LogP contribution in [0, 0.1) is 0 Å². The van der Waals surface area contributed by atoms with Crippen molar-refractivity contribution >= 4 is 5.91 Å². The lowest BCUT2D eigenvalue weighted by molar-refractivity contribution is -0.123. The topological polar surface area (TPSA) is 64.6 Å². The van der Waals surface area contributed by atoms with Gasteiger partial charge in [0.2, 0.25) is 5.91 Å². The molecule has 21 heavy (non-hydrogen) atoms. The van der Waals surface area contributed by atoms with Crippen LogP contribution in [0.3, 0.4) is 0 Å². The van der Waals surface area contributed by atoms with Gasteiger partial charge in [0.25, 0.3) is 0 Å². The Labute approximate surface area is 125 Å². The lowest BCUT2D eigenvalue weighted by atomic mass is 10.1. The molecule has 0 spiro atoms. The number of carbonyl (C=O) groups excluding carboxylic acids is 1. The van der Waals surface area contributed by atoms with E-state index in [-0.39, 0.29) is 11.9 Å². The summed E-state index contributed by atoms with van der Waals surface area (Å²) in [6, 6.07) is 7.67. The number of benzene rings is 1. The molecule has 1 fully saturated rings. The number of aliphatic hydroxyl groups excluding tert-OH is 1. The summed E-state index contributed by atoms with van der Waals surface area (Å²) in [5, 5.41) is 16.5. The lowest BCUT2D eigenvalue weighted by Gasteiger charge is -2.22. The highest BCUT2D eigenvalue weighted by atomic mass is 16.3. The van der Waals surface area contributed by atoms with E-state index in [1.165, 1.54) is 0 Å². The molecule has 3 rings (SSSR count). The average molecular weight is 289 g/mol. The van der Waals surface area contributed by atoms with Crippen LogP contribution >= 0.6 is 0 Å². The molecule has 5 nitrogen and oxygen atoms in total. The first kappa shape index (κ1) is 14.5. The molecule has 0 unspecified atom stereocenters. The predicted octanol–water partition coefficient (Wildman–Crippen LogP) is 0.0562. The van der Waals surface area contributed by atoms with Gasteiger partial charge in [-0.25, -0.2) is 0 Å². The van der Waals surface area contributed by atoms with E-state index >= 15 is 0 Å². The van der Waals surface area contributed by atoms with Crippen LogP contribution < -0.4 is 10.6 Å². The molecule has 1 aliphatic carbocycles. The third kappa shape index (κ3) is 3.43. The van der Waals surface area contributed by atoms with E-state index in [2.05, 4.69) is 15.5 Å². The second-order valence-electron chi connectivity index (χ2n) is 5.90. The minimum absolute atomic E-state index is 0.00217. The normalized spacial score (nSPS) is 26.1. The van der Waals surface area contributed by atoms with Gasteiger partial charge in [0.05, 0.1) is 18.7 Å². The third-order valence-electron chi connectivity index (χ3n) is 4.32. The molecule has 5 heteroatoms. The molecule has 114 valence electrons. The highest BCUT2D eigenvalue weighted by Gasteiger charge is 2.32. The van der Waals surface area contributed by atoms with Crippen LogP contribution in [0.5, 0.6) is 0 Å². The summed E-state index contributed by atoms with van der Waals surface area (Å²) >= 11 is 0.